The van der Waals surface area contributed by atoms with E-state index in [1.54, 1.807) is 0 Å². The Labute approximate surface area is 106 Å². The zero-order chi connectivity index (χ0) is 13.3. The molecule has 0 aliphatic carbocycles. The molecule has 0 N–H and O–H groups in total. The van der Waals surface area contributed by atoms with Crippen LogP contribution in [0.4, 0.5) is 8.78 Å². The number of halogens is 3. The van der Waals surface area contributed by atoms with Crippen LogP contribution in [-0.4, -0.2) is 26.4 Å². The molecular weight excluding hydrogens is 264 g/mol. The molecule has 0 saturated carbocycles. The number of para-hydroxylation sites is 1. The topological polar surface area (TPSA) is 47.8 Å². The van der Waals surface area contributed by atoms with Gasteiger partial charge >= 0.3 is 0 Å². The zero-order valence-corrected chi connectivity index (χ0v) is 10.1. The fourth-order valence-electron chi connectivity index (χ4n) is 1.47. The smallest absolute Gasteiger partial charge is 0.219 e. The summed E-state index contributed by atoms with van der Waals surface area (Å²) in [6, 6.07) is 3.44. The second-order valence-corrected chi connectivity index (χ2v) is 3.79. The Kier molecular flexibility index (Phi) is 3.38. The van der Waals surface area contributed by atoms with Gasteiger partial charge in [-0.2, -0.15) is 0 Å². The highest BCUT2D eigenvalue weighted by molar-refractivity contribution is 6.29. The van der Waals surface area contributed by atoms with E-state index < -0.39 is 17.4 Å². The number of hydrogen-bond donors (Lipinski definition) is 0. The molecule has 0 aliphatic heterocycles. The molecule has 2 aromatic rings. The number of rotatable bonds is 3. The quantitative estimate of drug-likeness (QED) is 0.636. The summed E-state index contributed by atoms with van der Waals surface area (Å²) in [7, 11) is 0. The summed E-state index contributed by atoms with van der Waals surface area (Å²) in [5.74, 6) is -2.32. The summed E-state index contributed by atoms with van der Waals surface area (Å²) in [5, 5.41) is 3.76. The SMILES string of the molecule is Cc1nc(C(=O)CCl)nn1-c1c(F)cccc1F. The molecule has 7 heteroatoms. The fourth-order valence-corrected chi connectivity index (χ4v) is 1.59. The first-order chi connectivity index (χ1) is 8.54. The van der Waals surface area contributed by atoms with Crippen molar-refractivity contribution in [3.63, 3.8) is 0 Å². The molecule has 0 spiro atoms. The van der Waals surface area contributed by atoms with Crippen LogP contribution in [0.1, 0.15) is 16.4 Å². The maximum absolute atomic E-state index is 13.6. The molecule has 0 fully saturated rings. The molecule has 4 nitrogen and oxygen atoms in total. The average Bonchev–Trinajstić information content (AvgIpc) is 2.70. The number of carbonyl (C=O) groups is 1. The Hall–Kier alpha value is -1.82. The van der Waals surface area contributed by atoms with Gasteiger partial charge in [0.2, 0.25) is 11.6 Å². The second-order valence-electron chi connectivity index (χ2n) is 3.52. The van der Waals surface area contributed by atoms with Gasteiger partial charge in [-0.15, -0.1) is 16.7 Å². The van der Waals surface area contributed by atoms with Gasteiger partial charge in [-0.3, -0.25) is 4.79 Å². The van der Waals surface area contributed by atoms with Gasteiger partial charge in [0.1, 0.15) is 11.5 Å². The van der Waals surface area contributed by atoms with Crippen molar-refractivity contribution in [3.8, 4) is 5.69 Å². The number of ketones is 1. The van der Waals surface area contributed by atoms with Crippen LogP contribution in [0.5, 0.6) is 0 Å². The van der Waals surface area contributed by atoms with Crippen LogP contribution in [0, 0.1) is 18.6 Å². The molecular formula is C11H8ClF2N3O. The lowest BCUT2D eigenvalue weighted by molar-refractivity contribution is 0.101. The molecule has 0 bridgehead atoms. The number of carbonyl (C=O) groups excluding carboxylic acids is 1. The highest BCUT2D eigenvalue weighted by Crippen LogP contribution is 2.18. The number of hydrogen-bond acceptors (Lipinski definition) is 3. The molecule has 0 unspecified atom stereocenters. The van der Waals surface area contributed by atoms with Crippen molar-refractivity contribution in [1.82, 2.24) is 14.8 Å². The van der Waals surface area contributed by atoms with Gasteiger partial charge in [-0.1, -0.05) is 6.07 Å². The Morgan fingerprint density at radius 3 is 2.56 bits per heavy atom. The van der Waals surface area contributed by atoms with E-state index in [2.05, 4.69) is 10.1 Å². The van der Waals surface area contributed by atoms with Crippen LogP contribution >= 0.6 is 11.6 Å². The third-order valence-corrected chi connectivity index (χ3v) is 2.53. The van der Waals surface area contributed by atoms with E-state index >= 15 is 0 Å². The van der Waals surface area contributed by atoms with Gasteiger partial charge in [-0.25, -0.2) is 18.4 Å². The van der Waals surface area contributed by atoms with Crippen LogP contribution in [0.3, 0.4) is 0 Å². The molecule has 0 saturated heterocycles. The molecule has 0 aliphatic rings. The van der Waals surface area contributed by atoms with Crippen molar-refractivity contribution in [2.45, 2.75) is 6.92 Å². The standard InChI is InChI=1S/C11H8ClF2N3O/c1-6-15-11(9(18)5-12)16-17(6)10-7(13)3-2-4-8(10)14/h2-4H,5H2,1H3. The number of aromatic nitrogens is 3. The van der Waals surface area contributed by atoms with E-state index in [9.17, 15) is 13.6 Å². The number of alkyl halides is 1. The summed E-state index contributed by atoms with van der Waals surface area (Å²) in [6.45, 7) is 1.49. The molecule has 1 aromatic carbocycles. The van der Waals surface area contributed by atoms with Gasteiger partial charge in [0.05, 0.1) is 5.88 Å². The largest absolute Gasteiger partial charge is 0.289 e. The first-order valence-electron chi connectivity index (χ1n) is 5.01. The van der Waals surface area contributed by atoms with Gasteiger partial charge in [0.15, 0.2) is 11.6 Å². The Morgan fingerprint density at radius 2 is 2.00 bits per heavy atom. The summed E-state index contributed by atoms with van der Waals surface area (Å²) < 4.78 is 28.1. The Bertz CT molecular complexity index is 592. The van der Waals surface area contributed by atoms with E-state index in [-0.39, 0.29) is 23.2 Å². The lowest BCUT2D eigenvalue weighted by Crippen LogP contribution is -2.07. The predicted octanol–water partition coefficient (Wildman–Crippen LogP) is 2.28. The lowest BCUT2D eigenvalue weighted by Gasteiger charge is -2.05. The molecule has 18 heavy (non-hydrogen) atoms. The van der Waals surface area contributed by atoms with Crippen LogP contribution in [0.2, 0.25) is 0 Å². The highest BCUT2D eigenvalue weighted by Gasteiger charge is 2.18. The van der Waals surface area contributed by atoms with Crippen molar-refractivity contribution in [1.29, 1.82) is 0 Å². The first-order valence-corrected chi connectivity index (χ1v) is 5.55. The molecule has 1 aromatic heterocycles. The molecule has 1 heterocycles. The minimum Gasteiger partial charge on any atom is -0.289 e. The maximum Gasteiger partial charge on any atom is 0.219 e. The lowest BCUT2D eigenvalue weighted by atomic mass is 10.3. The third-order valence-electron chi connectivity index (χ3n) is 2.29. The van der Waals surface area contributed by atoms with E-state index in [4.69, 9.17) is 11.6 Å². The van der Waals surface area contributed by atoms with Crippen LogP contribution < -0.4 is 0 Å². The molecule has 0 radical (unpaired) electrons. The number of nitrogens with zero attached hydrogens (tertiary/aromatic N) is 3. The van der Waals surface area contributed by atoms with Crippen molar-refractivity contribution in [2.24, 2.45) is 0 Å². The Morgan fingerprint density at radius 1 is 1.39 bits per heavy atom. The predicted molar refractivity (Wildman–Crippen MR) is 61.1 cm³/mol. The normalized spacial score (nSPS) is 10.7. The van der Waals surface area contributed by atoms with E-state index in [1.807, 2.05) is 0 Å². The molecule has 94 valence electrons. The fraction of sp³-hybridized carbons (Fsp3) is 0.182. The minimum atomic E-state index is -0.784. The second kappa shape index (κ2) is 4.81. The van der Waals surface area contributed by atoms with E-state index in [0.29, 0.717) is 0 Å². The van der Waals surface area contributed by atoms with Crippen LogP contribution in [0.25, 0.3) is 5.69 Å². The van der Waals surface area contributed by atoms with E-state index in [1.165, 1.54) is 13.0 Å². The van der Waals surface area contributed by atoms with Gasteiger partial charge < -0.3 is 0 Å². The van der Waals surface area contributed by atoms with Crippen molar-refractivity contribution in [2.75, 3.05) is 5.88 Å². The molecule has 2 rings (SSSR count). The average molecular weight is 272 g/mol. The summed E-state index contributed by atoms with van der Waals surface area (Å²) in [5.41, 5.74) is -0.365. The molecule has 0 amide bonds. The summed E-state index contributed by atoms with van der Waals surface area (Å²) in [4.78, 5) is 15.1. The van der Waals surface area contributed by atoms with Gasteiger partial charge in [0, 0.05) is 0 Å². The van der Waals surface area contributed by atoms with Crippen molar-refractivity contribution in [3.05, 3.63) is 41.5 Å². The molecule has 0 atom stereocenters. The van der Waals surface area contributed by atoms with E-state index in [0.717, 1.165) is 16.8 Å². The van der Waals surface area contributed by atoms with Gasteiger partial charge in [0.25, 0.3) is 0 Å². The summed E-state index contributed by atoms with van der Waals surface area (Å²) >= 11 is 5.37. The van der Waals surface area contributed by atoms with Crippen LogP contribution in [-0.2, 0) is 0 Å². The number of aryl methyl sites for hydroxylation is 1. The van der Waals surface area contributed by atoms with Gasteiger partial charge in [-0.05, 0) is 19.1 Å². The number of Topliss-reactive ketones (excluding diaryl/α,β-unsaturated/α-hetero) is 1. The third kappa shape index (κ3) is 2.11. The number of benzene rings is 1. The maximum atomic E-state index is 13.6. The minimum absolute atomic E-state index is 0.162. The Balaban J connectivity index is 2.58. The van der Waals surface area contributed by atoms with Crippen molar-refractivity contribution >= 4 is 17.4 Å². The van der Waals surface area contributed by atoms with Crippen LogP contribution in [0.15, 0.2) is 18.2 Å². The van der Waals surface area contributed by atoms with Crippen molar-refractivity contribution < 1.29 is 13.6 Å². The summed E-state index contributed by atoms with van der Waals surface area (Å²) in [6.07, 6.45) is 0. The zero-order valence-electron chi connectivity index (χ0n) is 9.32. The first kappa shape index (κ1) is 12.6. The highest BCUT2D eigenvalue weighted by atomic mass is 35.5. The monoisotopic (exact) mass is 271 g/mol.